The molecule has 0 amide bonds. The summed E-state index contributed by atoms with van der Waals surface area (Å²) in [6.07, 6.45) is 20.4. The Hall–Kier alpha value is 0.128. The van der Waals surface area contributed by atoms with Crippen molar-refractivity contribution in [2.45, 2.75) is 27.7 Å². The zero-order valence-electron chi connectivity index (χ0n) is 14.3. The summed E-state index contributed by atoms with van der Waals surface area (Å²) in [6.45, 7) is 15.8. The molecule has 114 valence electrons. The van der Waals surface area contributed by atoms with Crippen LogP contribution in [-0.4, -0.2) is 0 Å². The van der Waals surface area contributed by atoms with Gasteiger partial charge in [0.2, 0.25) is 0 Å². The minimum absolute atomic E-state index is 0. The molecule has 0 aromatic carbocycles. The fourth-order valence-corrected chi connectivity index (χ4v) is 1.25. The molecule has 0 aliphatic carbocycles. The predicted molar refractivity (Wildman–Crippen MR) is 93.2 cm³/mol. The molecule has 0 atom stereocenters. The van der Waals surface area contributed by atoms with Gasteiger partial charge >= 0.3 is 0 Å². The van der Waals surface area contributed by atoms with Crippen LogP contribution in [0.25, 0.3) is 0 Å². The van der Waals surface area contributed by atoms with E-state index in [2.05, 4.69) is 52.0 Å². The summed E-state index contributed by atoms with van der Waals surface area (Å²) in [5.41, 5.74) is 4.52. The van der Waals surface area contributed by atoms with E-state index in [-0.39, 0.29) is 65.4 Å². The van der Waals surface area contributed by atoms with Gasteiger partial charge in [-0.3, -0.25) is 0 Å². The van der Waals surface area contributed by atoms with Gasteiger partial charge in [0.05, 0.1) is 0 Å². The van der Waals surface area contributed by atoms with E-state index in [0.29, 0.717) is 0 Å². The average molecular weight is 444 g/mol. The molecule has 0 N–H and O–H groups in total. The van der Waals surface area contributed by atoms with Crippen molar-refractivity contribution >= 4 is 0 Å². The normalized spacial score (nSPS) is 14.5. The van der Waals surface area contributed by atoms with Crippen molar-refractivity contribution in [3.63, 3.8) is 0 Å². The van der Waals surface area contributed by atoms with E-state index in [1.165, 1.54) is 11.1 Å². The SMILES string of the molecule is [CH2-]/C(C)=C/C=C/C(C)=C/C=C/C=C(C)/C=C/C=C(/[CH2-])C.[Y].[Y]. The fourth-order valence-electron chi connectivity index (χ4n) is 1.25. The molecule has 0 bridgehead atoms. The Bertz CT molecular complexity index is 442. The Morgan fingerprint density at radius 1 is 0.545 bits per heavy atom. The maximum Gasteiger partial charge on any atom is 0 e. The molecule has 0 rings (SSSR count). The quantitative estimate of drug-likeness (QED) is 0.343. The van der Waals surface area contributed by atoms with Gasteiger partial charge in [0, 0.05) is 65.4 Å². The third kappa shape index (κ3) is 20.1. The molecule has 0 spiro atoms. The van der Waals surface area contributed by atoms with Gasteiger partial charge in [0.1, 0.15) is 0 Å². The fraction of sp³-hybridized carbons (Fsp3) is 0.200. The Balaban J connectivity index is -0.00000180. The van der Waals surface area contributed by atoms with Crippen LogP contribution in [-0.2, 0) is 65.4 Å². The number of hydrogen-bond acceptors (Lipinski definition) is 0. The average Bonchev–Trinajstić information content (AvgIpc) is 2.33. The number of allylic oxidation sites excluding steroid dienone is 14. The summed E-state index contributed by atoms with van der Waals surface area (Å²) in [7, 11) is 0. The summed E-state index contributed by atoms with van der Waals surface area (Å²) >= 11 is 0. The predicted octanol–water partition coefficient (Wildman–Crippen LogP) is 6.10. The first-order valence-corrected chi connectivity index (χ1v) is 6.77. The molecule has 0 nitrogen and oxygen atoms in total. The van der Waals surface area contributed by atoms with E-state index in [1.807, 2.05) is 50.3 Å². The smallest absolute Gasteiger partial charge is 0 e. The molecule has 0 fully saturated rings. The van der Waals surface area contributed by atoms with Crippen LogP contribution in [0.3, 0.4) is 0 Å². The minimum Gasteiger partial charge on any atom is -0.242 e. The molecule has 0 unspecified atom stereocenters. The van der Waals surface area contributed by atoms with Crippen molar-refractivity contribution in [1.29, 1.82) is 0 Å². The van der Waals surface area contributed by atoms with Crippen LogP contribution >= 0.6 is 0 Å². The summed E-state index contributed by atoms with van der Waals surface area (Å²) in [5, 5.41) is 0. The summed E-state index contributed by atoms with van der Waals surface area (Å²) in [6, 6.07) is 0. The van der Waals surface area contributed by atoms with Gasteiger partial charge in [-0.1, -0.05) is 61.4 Å². The molecule has 0 aromatic rings. The number of hydrogen-bond donors (Lipinski definition) is 0. The topological polar surface area (TPSA) is 0 Å². The van der Waals surface area contributed by atoms with Crippen molar-refractivity contribution in [2.24, 2.45) is 0 Å². The molecule has 0 saturated carbocycles. The van der Waals surface area contributed by atoms with Crippen LogP contribution in [0.15, 0.2) is 83.1 Å². The van der Waals surface area contributed by atoms with Gasteiger partial charge in [-0.15, -0.1) is 12.2 Å². The van der Waals surface area contributed by atoms with E-state index in [1.54, 1.807) is 0 Å². The zero-order valence-corrected chi connectivity index (χ0v) is 20.0. The molecule has 22 heavy (non-hydrogen) atoms. The van der Waals surface area contributed by atoms with Crippen LogP contribution in [0, 0.1) is 13.8 Å². The van der Waals surface area contributed by atoms with Crippen LogP contribution in [0.5, 0.6) is 0 Å². The van der Waals surface area contributed by atoms with Crippen LogP contribution in [0.2, 0.25) is 0 Å². The maximum absolute atomic E-state index is 3.82. The summed E-state index contributed by atoms with van der Waals surface area (Å²) < 4.78 is 0. The first-order valence-electron chi connectivity index (χ1n) is 6.77. The standard InChI is InChI=1S/C20H26.2Y/c1-17(2)11-9-15-19(5)13-7-8-14-20(6)16-10-12-18(3)4;;/h7-16H,1,3H2,2,4-6H3;;/q-2;;/b8-7+,15-9+,16-10+,17-11-,18-12-,19-13+,20-14+;;. The Morgan fingerprint density at radius 3 is 1.14 bits per heavy atom. The van der Waals surface area contributed by atoms with Crippen LogP contribution in [0.1, 0.15) is 27.7 Å². The first kappa shape index (κ1) is 27.0. The van der Waals surface area contributed by atoms with Crippen molar-refractivity contribution in [2.75, 3.05) is 0 Å². The number of rotatable bonds is 6. The van der Waals surface area contributed by atoms with Gasteiger partial charge < -0.3 is 0 Å². The third-order valence-electron chi connectivity index (χ3n) is 2.31. The van der Waals surface area contributed by atoms with Crippen molar-refractivity contribution in [1.82, 2.24) is 0 Å². The van der Waals surface area contributed by atoms with E-state index < -0.39 is 0 Å². The van der Waals surface area contributed by atoms with E-state index >= 15 is 0 Å². The second kappa shape index (κ2) is 17.5. The molecular weight excluding hydrogens is 418 g/mol. The van der Waals surface area contributed by atoms with Gasteiger partial charge in [0.25, 0.3) is 0 Å². The summed E-state index contributed by atoms with van der Waals surface area (Å²) in [5.74, 6) is 0. The molecule has 0 aliphatic heterocycles. The van der Waals surface area contributed by atoms with Crippen LogP contribution < -0.4 is 0 Å². The minimum atomic E-state index is 0. The van der Waals surface area contributed by atoms with Crippen molar-refractivity contribution in [3.8, 4) is 0 Å². The summed E-state index contributed by atoms with van der Waals surface area (Å²) in [4.78, 5) is 0. The Labute approximate surface area is 188 Å². The molecule has 2 radical (unpaired) electrons. The molecule has 0 aromatic heterocycles. The molecule has 0 aliphatic rings. The molecule has 2 heteroatoms. The van der Waals surface area contributed by atoms with E-state index in [9.17, 15) is 0 Å². The van der Waals surface area contributed by atoms with Gasteiger partial charge in [-0.2, -0.15) is 0 Å². The Morgan fingerprint density at radius 2 is 0.864 bits per heavy atom. The molecule has 0 saturated heterocycles. The van der Waals surface area contributed by atoms with E-state index in [4.69, 9.17) is 0 Å². The van der Waals surface area contributed by atoms with Gasteiger partial charge in [0.15, 0.2) is 0 Å². The Kier molecular flexibility index (Phi) is 21.5. The van der Waals surface area contributed by atoms with E-state index in [0.717, 1.165) is 11.1 Å². The first-order chi connectivity index (χ1) is 9.41. The van der Waals surface area contributed by atoms with Crippen molar-refractivity contribution in [3.05, 3.63) is 96.9 Å². The largest absolute Gasteiger partial charge is 0.242 e. The third-order valence-corrected chi connectivity index (χ3v) is 2.31. The second-order valence-corrected chi connectivity index (χ2v) is 4.95. The maximum atomic E-state index is 3.82. The van der Waals surface area contributed by atoms with Crippen LogP contribution in [0.4, 0.5) is 0 Å². The van der Waals surface area contributed by atoms with Crippen molar-refractivity contribution < 1.29 is 65.4 Å². The zero-order chi connectivity index (χ0) is 15.4. The van der Waals surface area contributed by atoms with Gasteiger partial charge in [-0.25, -0.2) is 37.1 Å². The molecule has 0 heterocycles. The second-order valence-electron chi connectivity index (χ2n) is 4.95. The monoisotopic (exact) mass is 444 g/mol. The van der Waals surface area contributed by atoms with Gasteiger partial charge in [-0.05, 0) is 13.8 Å². The molecular formula is C20H26Y2-2.